The van der Waals surface area contributed by atoms with Crippen LogP contribution in [0.15, 0.2) is 54.7 Å². The van der Waals surface area contributed by atoms with E-state index in [0.29, 0.717) is 34.3 Å². The van der Waals surface area contributed by atoms with Crippen LogP contribution in [0.5, 0.6) is 0 Å². The molecule has 0 aliphatic carbocycles. The van der Waals surface area contributed by atoms with Crippen molar-refractivity contribution in [3.8, 4) is 0 Å². The zero-order chi connectivity index (χ0) is 17.8. The molecule has 0 bridgehead atoms. The number of fused-ring (bicyclic) bond motifs is 2. The molecule has 5 heteroatoms. The van der Waals surface area contributed by atoms with Gasteiger partial charge in [0.15, 0.2) is 11.7 Å². The average molecular weight is 336 g/mol. The molecule has 1 aliphatic heterocycles. The quantitative estimate of drug-likeness (QED) is 0.506. The highest BCUT2D eigenvalue weighted by atomic mass is 19.1. The summed E-state index contributed by atoms with van der Waals surface area (Å²) < 4.78 is 16.0. The predicted molar refractivity (Wildman–Crippen MR) is 93.9 cm³/mol. The normalized spacial score (nSPS) is 16.1. The first-order valence-corrected chi connectivity index (χ1v) is 8.13. The van der Waals surface area contributed by atoms with E-state index in [1.54, 1.807) is 44.2 Å². The van der Waals surface area contributed by atoms with Crippen molar-refractivity contribution < 1.29 is 13.9 Å². The third-order valence-electron chi connectivity index (χ3n) is 4.75. The van der Waals surface area contributed by atoms with E-state index in [4.69, 9.17) is 0 Å². The third-order valence-corrected chi connectivity index (χ3v) is 4.75. The highest BCUT2D eigenvalue weighted by molar-refractivity contribution is 6.11. The molecular formula is C20H17FN2O2. The number of rotatable bonds is 1. The Balaban J connectivity index is 2.05. The van der Waals surface area contributed by atoms with Crippen molar-refractivity contribution in [2.45, 2.75) is 25.8 Å². The van der Waals surface area contributed by atoms with E-state index in [2.05, 4.69) is 0 Å². The number of para-hydroxylation sites is 1. The van der Waals surface area contributed by atoms with E-state index in [9.17, 15) is 14.8 Å². The van der Waals surface area contributed by atoms with Crippen LogP contribution in [0.3, 0.4) is 0 Å². The van der Waals surface area contributed by atoms with Gasteiger partial charge < -0.3 is 10.4 Å². The summed E-state index contributed by atoms with van der Waals surface area (Å²) in [6.07, 6.45) is 1.70. The van der Waals surface area contributed by atoms with E-state index in [1.165, 1.54) is 12.3 Å². The first-order valence-electron chi connectivity index (χ1n) is 8.13. The van der Waals surface area contributed by atoms with Gasteiger partial charge in [-0.05, 0) is 24.3 Å². The number of pyridine rings is 1. The van der Waals surface area contributed by atoms with Crippen LogP contribution in [0.1, 0.15) is 30.5 Å². The monoisotopic (exact) mass is 336 g/mol. The summed E-state index contributed by atoms with van der Waals surface area (Å²) in [6.45, 7) is 3.56. The fraction of sp³-hybridized carbons (Fsp3) is 0.200. The second-order valence-electron chi connectivity index (χ2n) is 7.01. The summed E-state index contributed by atoms with van der Waals surface area (Å²) >= 11 is 0. The van der Waals surface area contributed by atoms with Crippen LogP contribution >= 0.6 is 0 Å². The number of hydroxylamine groups is 1. The second-order valence-corrected chi connectivity index (χ2v) is 7.01. The topological polar surface area (TPSA) is 53.0 Å². The lowest BCUT2D eigenvalue weighted by Gasteiger charge is -2.31. The molecule has 4 rings (SSSR count). The van der Waals surface area contributed by atoms with Crippen LogP contribution in [0.25, 0.3) is 10.9 Å². The molecule has 25 heavy (non-hydrogen) atoms. The minimum absolute atomic E-state index is 0.312. The van der Waals surface area contributed by atoms with Crippen LogP contribution < -0.4 is 4.73 Å². The molecule has 0 unspecified atom stereocenters. The maximum absolute atomic E-state index is 14.4. The summed E-state index contributed by atoms with van der Waals surface area (Å²) in [7, 11) is 0. The van der Waals surface area contributed by atoms with Gasteiger partial charge in [0.2, 0.25) is 11.2 Å². The first-order chi connectivity index (χ1) is 11.9. The Hall–Kier alpha value is -2.95. The van der Waals surface area contributed by atoms with Crippen molar-refractivity contribution in [2.24, 2.45) is 0 Å². The molecule has 1 aliphatic rings. The molecule has 0 fully saturated rings. The zero-order valence-electron chi connectivity index (χ0n) is 14.0. The van der Waals surface area contributed by atoms with Gasteiger partial charge in [-0.2, -0.15) is 9.47 Å². The first kappa shape index (κ1) is 15.6. The SMILES string of the molecule is CC1(C)Cc2c(F)cccc2C(c2cc3ccccc3[n+]([O-])c2)=[N+]1[O-]. The van der Waals surface area contributed by atoms with Gasteiger partial charge >= 0.3 is 0 Å². The maximum Gasteiger partial charge on any atom is 0.232 e. The number of benzene rings is 2. The smallest absolute Gasteiger partial charge is 0.232 e. The highest BCUT2D eigenvalue weighted by Crippen LogP contribution is 2.30. The lowest BCUT2D eigenvalue weighted by atomic mass is 9.84. The lowest BCUT2D eigenvalue weighted by molar-refractivity contribution is -0.577. The summed E-state index contributed by atoms with van der Waals surface area (Å²) in [5, 5.41) is 26.1. The zero-order valence-corrected chi connectivity index (χ0v) is 14.0. The third kappa shape index (κ3) is 2.35. The number of nitrogens with zero attached hydrogens (tertiary/aromatic N) is 2. The fourth-order valence-corrected chi connectivity index (χ4v) is 3.49. The molecule has 2 aromatic carbocycles. The van der Waals surface area contributed by atoms with Crippen LogP contribution in [0.2, 0.25) is 0 Å². The van der Waals surface area contributed by atoms with Gasteiger partial charge in [0.1, 0.15) is 11.4 Å². The van der Waals surface area contributed by atoms with Crippen molar-refractivity contribution >= 4 is 16.6 Å². The average Bonchev–Trinajstić information content (AvgIpc) is 2.57. The molecule has 0 amide bonds. The molecule has 4 nitrogen and oxygen atoms in total. The van der Waals surface area contributed by atoms with Crippen LogP contribution in [0.4, 0.5) is 4.39 Å². The fourth-order valence-electron chi connectivity index (χ4n) is 3.49. The van der Waals surface area contributed by atoms with Crippen molar-refractivity contribution in [1.82, 2.24) is 0 Å². The van der Waals surface area contributed by atoms with Gasteiger partial charge in [-0.15, -0.1) is 0 Å². The number of halogens is 1. The lowest BCUT2D eigenvalue weighted by Crippen LogP contribution is -2.44. The number of hydrogen-bond donors (Lipinski definition) is 0. The highest BCUT2D eigenvalue weighted by Gasteiger charge is 2.39. The van der Waals surface area contributed by atoms with Gasteiger partial charge in [0.05, 0.1) is 5.56 Å². The number of aromatic nitrogens is 1. The summed E-state index contributed by atoms with van der Waals surface area (Å²) in [5.41, 5.74) is 1.61. The summed E-state index contributed by atoms with van der Waals surface area (Å²) in [4.78, 5) is 0. The van der Waals surface area contributed by atoms with Crippen molar-refractivity contribution in [3.63, 3.8) is 0 Å². The molecule has 0 saturated heterocycles. The standard InChI is InChI=1S/C20H17FN2O2/c1-20(2)11-16-15(7-5-8-17(16)21)19(23(20)25)14-10-13-6-3-4-9-18(13)22(24)12-14/h3-10,12H,11H2,1-2H3. The van der Waals surface area contributed by atoms with Crippen LogP contribution in [0, 0.1) is 16.2 Å². The van der Waals surface area contributed by atoms with E-state index < -0.39 is 5.54 Å². The molecule has 0 N–H and O–H groups in total. The van der Waals surface area contributed by atoms with Gasteiger partial charge in [-0.25, -0.2) is 4.39 Å². The molecule has 0 atom stereocenters. The molecule has 0 spiro atoms. The van der Waals surface area contributed by atoms with E-state index in [0.717, 1.165) is 14.9 Å². The Kier molecular flexibility index (Phi) is 3.29. The molecule has 3 aromatic rings. The molecule has 126 valence electrons. The maximum atomic E-state index is 14.4. The molecular weight excluding hydrogens is 319 g/mol. The minimum Gasteiger partial charge on any atom is -0.623 e. The van der Waals surface area contributed by atoms with Crippen molar-refractivity contribution in [3.05, 3.63) is 87.6 Å². The van der Waals surface area contributed by atoms with Crippen LogP contribution in [-0.2, 0) is 6.42 Å². The minimum atomic E-state index is -0.802. The number of hydrogen-bond acceptors (Lipinski definition) is 2. The van der Waals surface area contributed by atoms with Crippen molar-refractivity contribution in [1.29, 1.82) is 0 Å². The molecule has 0 saturated carbocycles. The van der Waals surface area contributed by atoms with E-state index in [1.807, 2.05) is 12.1 Å². The molecule has 0 radical (unpaired) electrons. The Morgan fingerprint density at radius 1 is 1.04 bits per heavy atom. The van der Waals surface area contributed by atoms with E-state index >= 15 is 0 Å². The molecule has 2 heterocycles. The van der Waals surface area contributed by atoms with Gasteiger partial charge in [-0.1, -0.05) is 18.2 Å². The van der Waals surface area contributed by atoms with Crippen molar-refractivity contribution in [2.75, 3.05) is 0 Å². The predicted octanol–water partition coefficient (Wildman–Crippen LogP) is 3.29. The van der Waals surface area contributed by atoms with E-state index in [-0.39, 0.29) is 5.82 Å². The Labute approximate surface area is 144 Å². The summed E-state index contributed by atoms with van der Waals surface area (Å²) in [6, 6.07) is 13.7. The Morgan fingerprint density at radius 2 is 1.80 bits per heavy atom. The Morgan fingerprint density at radius 3 is 2.60 bits per heavy atom. The van der Waals surface area contributed by atoms with Gasteiger partial charge in [0.25, 0.3) is 0 Å². The Bertz CT molecular complexity index is 1040. The molecule has 1 aromatic heterocycles. The second kappa shape index (κ2) is 5.28. The van der Waals surface area contributed by atoms with Crippen LogP contribution in [-0.4, -0.2) is 16.0 Å². The van der Waals surface area contributed by atoms with Gasteiger partial charge in [-0.3, -0.25) is 0 Å². The van der Waals surface area contributed by atoms with Gasteiger partial charge in [0, 0.05) is 37.3 Å². The summed E-state index contributed by atoms with van der Waals surface area (Å²) in [5.74, 6) is -0.327. The largest absolute Gasteiger partial charge is 0.623 e.